The molecule has 1 atom stereocenters. The minimum atomic E-state index is 0.338. The molecule has 1 aromatic rings. The monoisotopic (exact) mass is 209 g/mol. The zero-order valence-electron chi connectivity index (χ0n) is 8.99. The molecule has 0 spiro atoms. The number of nitrogens with two attached hydrogens (primary N) is 1. The van der Waals surface area contributed by atoms with Crippen molar-refractivity contribution in [1.29, 1.82) is 0 Å². The fraction of sp³-hybridized carbons (Fsp3) is 0.500. The average Bonchev–Trinajstić information content (AvgIpc) is 2.15. The fourth-order valence-electron chi connectivity index (χ4n) is 1.36. The van der Waals surface area contributed by atoms with E-state index in [9.17, 15) is 0 Å². The molecule has 14 heavy (non-hydrogen) atoms. The third kappa shape index (κ3) is 4.16. The van der Waals surface area contributed by atoms with E-state index in [1.54, 1.807) is 0 Å². The van der Waals surface area contributed by atoms with Gasteiger partial charge in [0.25, 0.3) is 0 Å². The van der Waals surface area contributed by atoms with Gasteiger partial charge in [-0.1, -0.05) is 31.0 Å². The van der Waals surface area contributed by atoms with Gasteiger partial charge in [-0.3, -0.25) is 0 Å². The Labute approximate surface area is 91.1 Å². The Hall–Kier alpha value is -0.470. The molecule has 0 aliphatic rings. The first-order valence-corrected chi connectivity index (χ1v) is 6.16. The maximum atomic E-state index is 5.95. The minimum absolute atomic E-state index is 0.338. The lowest BCUT2D eigenvalue weighted by Gasteiger charge is -2.09. The van der Waals surface area contributed by atoms with E-state index in [0.717, 1.165) is 12.2 Å². The van der Waals surface area contributed by atoms with Crippen LogP contribution in [0.5, 0.6) is 0 Å². The van der Waals surface area contributed by atoms with Crippen LogP contribution in [0.2, 0.25) is 0 Å². The predicted octanol–water partition coefficient (Wildman–Crippen LogP) is 3.21. The van der Waals surface area contributed by atoms with Crippen molar-refractivity contribution in [3.05, 3.63) is 29.8 Å². The molecule has 0 radical (unpaired) electrons. The largest absolute Gasteiger partial charge is 0.327 e. The van der Waals surface area contributed by atoms with Crippen LogP contribution in [-0.2, 0) is 0 Å². The summed E-state index contributed by atoms with van der Waals surface area (Å²) >= 11 is 1.86. The van der Waals surface area contributed by atoms with Gasteiger partial charge < -0.3 is 5.73 Å². The van der Waals surface area contributed by atoms with Gasteiger partial charge in [-0.2, -0.15) is 0 Å². The molecule has 1 nitrogen and oxygen atoms in total. The first-order chi connectivity index (χ1) is 6.72. The smallest absolute Gasteiger partial charge is 0.0133 e. The van der Waals surface area contributed by atoms with Gasteiger partial charge in [0.05, 0.1) is 0 Å². The highest BCUT2D eigenvalue weighted by Crippen LogP contribution is 2.20. The van der Waals surface area contributed by atoms with Crippen LogP contribution in [0.25, 0.3) is 0 Å². The van der Waals surface area contributed by atoms with Gasteiger partial charge in [0, 0.05) is 16.7 Å². The highest BCUT2D eigenvalue weighted by atomic mass is 32.2. The summed E-state index contributed by atoms with van der Waals surface area (Å²) in [5.41, 5.74) is 7.27. The normalized spacial score (nSPS) is 12.8. The Morgan fingerprint density at radius 1 is 1.43 bits per heavy atom. The number of rotatable bonds is 5. The Morgan fingerprint density at radius 3 is 2.86 bits per heavy atom. The summed E-state index contributed by atoms with van der Waals surface area (Å²) in [7, 11) is 0. The van der Waals surface area contributed by atoms with Crippen molar-refractivity contribution in [1.82, 2.24) is 0 Å². The van der Waals surface area contributed by atoms with Gasteiger partial charge in [0.15, 0.2) is 0 Å². The first-order valence-electron chi connectivity index (χ1n) is 5.17. The SMILES string of the molecule is CCCC(N)CSc1cccc(C)c1. The van der Waals surface area contributed by atoms with E-state index in [2.05, 4.69) is 38.1 Å². The Bertz CT molecular complexity index is 273. The van der Waals surface area contributed by atoms with Gasteiger partial charge in [-0.05, 0) is 25.5 Å². The van der Waals surface area contributed by atoms with Gasteiger partial charge >= 0.3 is 0 Å². The lowest BCUT2D eigenvalue weighted by molar-refractivity contribution is 0.661. The Morgan fingerprint density at radius 2 is 2.21 bits per heavy atom. The molecule has 0 saturated carbocycles. The van der Waals surface area contributed by atoms with Crippen LogP contribution in [0, 0.1) is 6.92 Å². The maximum Gasteiger partial charge on any atom is 0.0133 e. The van der Waals surface area contributed by atoms with Crippen molar-refractivity contribution in [3.63, 3.8) is 0 Å². The Balaban J connectivity index is 2.37. The van der Waals surface area contributed by atoms with Crippen molar-refractivity contribution in [2.24, 2.45) is 5.73 Å². The van der Waals surface area contributed by atoms with Crippen LogP contribution in [0.4, 0.5) is 0 Å². The number of benzene rings is 1. The second kappa shape index (κ2) is 6.10. The van der Waals surface area contributed by atoms with Crippen molar-refractivity contribution < 1.29 is 0 Å². The number of hydrogen-bond donors (Lipinski definition) is 1. The third-order valence-electron chi connectivity index (χ3n) is 2.11. The first kappa shape index (κ1) is 11.6. The lowest BCUT2D eigenvalue weighted by Crippen LogP contribution is -2.22. The molecule has 0 bridgehead atoms. The van der Waals surface area contributed by atoms with E-state index in [1.165, 1.54) is 16.9 Å². The zero-order valence-corrected chi connectivity index (χ0v) is 9.81. The fourth-order valence-corrected chi connectivity index (χ4v) is 2.38. The molecule has 0 aliphatic heterocycles. The lowest BCUT2D eigenvalue weighted by atomic mass is 10.2. The van der Waals surface area contributed by atoms with Crippen LogP contribution in [0.15, 0.2) is 29.2 Å². The molecule has 2 N–H and O–H groups in total. The molecule has 0 aromatic heterocycles. The summed E-state index contributed by atoms with van der Waals surface area (Å²) in [5.74, 6) is 1.03. The van der Waals surface area contributed by atoms with E-state index in [0.29, 0.717) is 6.04 Å². The highest BCUT2D eigenvalue weighted by Gasteiger charge is 2.01. The van der Waals surface area contributed by atoms with E-state index in [1.807, 2.05) is 11.8 Å². The molecule has 0 fully saturated rings. The summed E-state index contributed by atoms with van der Waals surface area (Å²) in [5, 5.41) is 0. The maximum absolute atomic E-state index is 5.95. The predicted molar refractivity (Wildman–Crippen MR) is 64.8 cm³/mol. The third-order valence-corrected chi connectivity index (χ3v) is 3.30. The summed E-state index contributed by atoms with van der Waals surface area (Å²) in [6.07, 6.45) is 2.30. The molecule has 0 heterocycles. The molecule has 1 rings (SSSR count). The molecule has 0 amide bonds. The average molecular weight is 209 g/mol. The zero-order chi connectivity index (χ0) is 10.4. The summed E-state index contributed by atoms with van der Waals surface area (Å²) in [4.78, 5) is 1.33. The Kier molecular flexibility index (Phi) is 5.05. The summed E-state index contributed by atoms with van der Waals surface area (Å²) in [6, 6.07) is 8.92. The van der Waals surface area contributed by atoms with Gasteiger partial charge in [0.2, 0.25) is 0 Å². The van der Waals surface area contributed by atoms with Crippen molar-refractivity contribution in [2.45, 2.75) is 37.6 Å². The second-order valence-corrected chi connectivity index (χ2v) is 4.77. The molecular weight excluding hydrogens is 190 g/mol. The quantitative estimate of drug-likeness (QED) is 0.754. The van der Waals surface area contributed by atoms with Crippen molar-refractivity contribution in [2.75, 3.05) is 5.75 Å². The van der Waals surface area contributed by atoms with Crippen molar-refractivity contribution >= 4 is 11.8 Å². The van der Waals surface area contributed by atoms with Crippen LogP contribution in [0.3, 0.4) is 0 Å². The van der Waals surface area contributed by atoms with E-state index >= 15 is 0 Å². The molecule has 78 valence electrons. The highest BCUT2D eigenvalue weighted by molar-refractivity contribution is 7.99. The topological polar surface area (TPSA) is 26.0 Å². The molecule has 0 saturated heterocycles. The van der Waals surface area contributed by atoms with Crippen LogP contribution < -0.4 is 5.73 Å². The standard InChI is InChI=1S/C12H19NS/c1-3-5-11(13)9-14-12-7-4-6-10(2)8-12/h4,6-8,11H,3,5,9,13H2,1-2H3. The van der Waals surface area contributed by atoms with Crippen molar-refractivity contribution in [3.8, 4) is 0 Å². The van der Waals surface area contributed by atoms with Gasteiger partial charge in [0.1, 0.15) is 0 Å². The number of aryl methyl sites for hydroxylation is 1. The van der Waals surface area contributed by atoms with Crippen LogP contribution in [-0.4, -0.2) is 11.8 Å². The molecule has 1 unspecified atom stereocenters. The molecule has 2 heteroatoms. The summed E-state index contributed by atoms with van der Waals surface area (Å²) < 4.78 is 0. The summed E-state index contributed by atoms with van der Waals surface area (Å²) in [6.45, 7) is 4.30. The number of thioether (sulfide) groups is 1. The van der Waals surface area contributed by atoms with E-state index in [-0.39, 0.29) is 0 Å². The van der Waals surface area contributed by atoms with E-state index < -0.39 is 0 Å². The van der Waals surface area contributed by atoms with Crippen LogP contribution in [0.1, 0.15) is 25.3 Å². The molecular formula is C12H19NS. The minimum Gasteiger partial charge on any atom is -0.327 e. The molecule has 1 aromatic carbocycles. The number of hydrogen-bond acceptors (Lipinski definition) is 2. The second-order valence-electron chi connectivity index (χ2n) is 3.68. The van der Waals surface area contributed by atoms with E-state index in [4.69, 9.17) is 5.73 Å². The van der Waals surface area contributed by atoms with Gasteiger partial charge in [-0.25, -0.2) is 0 Å². The van der Waals surface area contributed by atoms with Gasteiger partial charge in [-0.15, -0.1) is 11.8 Å². The van der Waals surface area contributed by atoms with Crippen LogP contribution >= 0.6 is 11.8 Å². The molecule has 0 aliphatic carbocycles.